The van der Waals surface area contributed by atoms with E-state index in [0.717, 1.165) is 11.3 Å². The number of carbonyl (C=O) groups excluding carboxylic acids is 1. The van der Waals surface area contributed by atoms with E-state index in [9.17, 15) is 9.18 Å². The summed E-state index contributed by atoms with van der Waals surface area (Å²) in [5, 5.41) is 6.92. The van der Waals surface area contributed by atoms with Crippen molar-refractivity contribution in [2.24, 2.45) is 5.10 Å². The maximum atomic E-state index is 13.5. The summed E-state index contributed by atoms with van der Waals surface area (Å²) in [5.74, 6) is -0.654. The lowest BCUT2D eigenvalue weighted by atomic mass is 10.2. The summed E-state index contributed by atoms with van der Waals surface area (Å²) < 4.78 is 19.0. The van der Waals surface area contributed by atoms with Gasteiger partial charge in [0.05, 0.1) is 22.6 Å². The highest BCUT2D eigenvalue weighted by Gasteiger charge is 2.09. The third-order valence-corrected chi connectivity index (χ3v) is 3.94. The van der Waals surface area contributed by atoms with E-state index in [4.69, 9.17) is 16.3 Å². The van der Waals surface area contributed by atoms with Crippen LogP contribution >= 0.6 is 11.6 Å². The van der Waals surface area contributed by atoms with Crippen molar-refractivity contribution in [2.75, 3.05) is 17.3 Å². The van der Waals surface area contributed by atoms with Gasteiger partial charge >= 0.3 is 0 Å². The zero-order valence-corrected chi connectivity index (χ0v) is 15.5. The topological polar surface area (TPSA) is 62.7 Å². The summed E-state index contributed by atoms with van der Waals surface area (Å²) >= 11 is 6.20. The van der Waals surface area contributed by atoms with E-state index >= 15 is 0 Å². The van der Waals surface area contributed by atoms with Crippen LogP contribution in [0.25, 0.3) is 0 Å². The molecular formula is C21H17ClFN3O2. The van der Waals surface area contributed by atoms with Crippen molar-refractivity contribution >= 4 is 35.1 Å². The molecule has 7 heteroatoms. The molecule has 1 amide bonds. The minimum atomic E-state index is -0.512. The van der Waals surface area contributed by atoms with Gasteiger partial charge < -0.3 is 10.1 Å². The number of anilines is 2. The predicted molar refractivity (Wildman–Crippen MR) is 110 cm³/mol. The van der Waals surface area contributed by atoms with E-state index in [1.807, 2.05) is 30.3 Å². The molecule has 3 rings (SSSR count). The molecule has 142 valence electrons. The molecule has 3 aromatic carbocycles. The van der Waals surface area contributed by atoms with Crippen LogP contribution in [-0.2, 0) is 4.79 Å². The number of hydrazone groups is 1. The maximum Gasteiger partial charge on any atom is 0.262 e. The Labute approximate surface area is 166 Å². The molecule has 0 unspecified atom stereocenters. The van der Waals surface area contributed by atoms with Crippen LogP contribution in [0.1, 0.15) is 5.56 Å². The highest BCUT2D eigenvalue weighted by atomic mass is 35.5. The Hall–Kier alpha value is -3.38. The van der Waals surface area contributed by atoms with E-state index in [0.29, 0.717) is 10.8 Å². The average molecular weight is 398 g/mol. The van der Waals surface area contributed by atoms with Gasteiger partial charge in [0, 0.05) is 0 Å². The Morgan fingerprint density at radius 3 is 2.57 bits per heavy atom. The van der Waals surface area contributed by atoms with Gasteiger partial charge in [0.2, 0.25) is 0 Å². The van der Waals surface area contributed by atoms with Crippen LogP contribution < -0.4 is 15.5 Å². The predicted octanol–water partition coefficient (Wildman–Crippen LogP) is 4.94. The number of nitrogens with one attached hydrogen (secondary N) is 2. The molecule has 0 spiro atoms. The molecular weight excluding hydrogens is 381 g/mol. The normalized spacial score (nSPS) is 10.6. The smallest absolute Gasteiger partial charge is 0.262 e. The van der Waals surface area contributed by atoms with Crippen LogP contribution in [0.2, 0.25) is 5.02 Å². The number of amides is 1. The molecule has 3 aromatic rings. The molecule has 0 aliphatic heterocycles. The SMILES string of the molecule is O=C(COc1ccc(/C=N\Nc2ccccc2)cc1Cl)Nc1ccccc1F. The van der Waals surface area contributed by atoms with Crippen molar-refractivity contribution in [3.63, 3.8) is 0 Å². The van der Waals surface area contributed by atoms with Crippen molar-refractivity contribution in [2.45, 2.75) is 0 Å². The quantitative estimate of drug-likeness (QED) is 0.438. The van der Waals surface area contributed by atoms with Crippen LogP contribution in [-0.4, -0.2) is 18.7 Å². The summed E-state index contributed by atoms with van der Waals surface area (Å²) in [7, 11) is 0. The van der Waals surface area contributed by atoms with Gasteiger partial charge in [-0.3, -0.25) is 10.2 Å². The molecule has 0 aliphatic rings. The monoisotopic (exact) mass is 397 g/mol. The van der Waals surface area contributed by atoms with Crippen molar-refractivity contribution in [3.8, 4) is 5.75 Å². The third-order valence-electron chi connectivity index (χ3n) is 3.64. The fraction of sp³-hybridized carbons (Fsp3) is 0.0476. The summed E-state index contributed by atoms with van der Waals surface area (Å²) in [6.07, 6.45) is 1.62. The minimum Gasteiger partial charge on any atom is -0.482 e. The Balaban J connectivity index is 1.54. The first-order chi connectivity index (χ1) is 13.6. The molecule has 0 heterocycles. The van der Waals surface area contributed by atoms with Crippen LogP contribution in [0.15, 0.2) is 77.9 Å². The second kappa shape index (κ2) is 9.53. The van der Waals surface area contributed by atoms with Gasteiger partial charge in [0.1, 0.15) is 11.6 Å². The first-order valence-corrected chi connectivity index (χ1v) is 8.80. The second-order valence-corrected chi connectivity index (χ2v) is 6.15. The zero-order valence-electron chi connectivity index (χ0n) is 14.7. The van der Waals surface area contributed by atoms with Crippen LogP contribution in [0.4, 0.5) is 15.8 Å². The Morgan fingerprint density at radius 2 is 1.82 bits per heavy atom. The highest BCUT2D eigenvalue weighted by Crippen LogP contribution is 2.25. The first-order valence-electron chi connectivity index (χ1n) is 8.42. The number of halogens is 2. The number of para-hydroxylation sites is 2. The van der Waals surface area contributed by atoms with E-state index < -0.39 is 11.7 Å². The summed E-state index contributed by atoms with van der Waals surface area (Å²) in [6.45, 7) is -0.295. The highest BCUT2D eigenvalue weighted by molar-refractivity contribution is 6.32. The van der Waals surface area contributed by atoms with Crippen molar-refractivity contribution in [1.82, 2.24) is 0 Å². The minimum absolute atomic E-state index is 0.0969. The van der Waals surface area contributed by atoms with Gasteiger partial charge in [-0.25, -0.2) is 4.39 Å². The van der Waals surface area contributed by atoms with Crippen molar-refractivity contribution in [3.05, 3.63) is 89.2 Å². The van der Waals surface area contributed by atoms with Crippen molar-refractivity contribution in [1.29, 1.82) is 0 Å². The van der Waals surface area contributed by atoms with E-state index in [2.05, 4.69) is 15.8 Å². The fourth-order valence-electron chi connectivity index (χ4n) is 2.30. The van der Waals surface area contributed by atoms with Gasteiger partial charge in [0.25, 0.3) is 5.91 Å². The van der Waals surface area contributed by atoms with Crippen LogP contribution in [0, 0.1) is 5.82 Å². The van der Waals surface area contributed by atoms with E-state index in [1.54, 1.807) is 36.5 Å². The van der Waals surface area contributed by atoms with Gasteiger partial charge in [-0.15, -0.1) is 0 Å². The lowest BCUT2D eigenvalue weighted by molar-refractivity contribution is -0.118. The summed E-state index contributed by atoms with van der Waals surface area (Å²) in [6, 6.07) is 20.5. The molecule has 2 N–H and O–H groups in total. The molecule has 0 fully saturated rings. The van der Waals surface area contributed by atoms with E-state index in [1.165, 1.54) is 12.1 Å². The Morgan fingerprint density at radius 1 is 1.07 bits per heavy atom. The summed E-state index contributed by atoms with van der Waals surface area (Å²) in [4.78, 5) is 11.9. The largest absolute Gasteiger partial charge is 0.482 e. The second-order valence-electron chi connectivity index (χ2n) is 5.74. The molecule has 5 nitrogen and oxygen atoms in total. The molecule has 0 radical (unpaired) electrons. The van der Waals surface area contributed by atoms with E-state index in [-0.39, 0.29) is 12.3 Å². The number of rotatable bonds is 7. The standard InChI is InChI=1S/C21H17ClFN3O2/c22-17-12-15(13-24-26-16-6-2-1-3-7-16)10-11-20(17)28-14-21(27)25-19-9-5-4-8-18(19)23/h1-13,26H,14H2,(H,25,27)/b24-13-. The summed E-state index contributed by atoms with van der Waals surface area (Å²) in [5.41, 5.74) is 4.63. The van der Waals surface area contributed by atoms with Gasteiger partial charge in [0.15, 0.2) is 6.61 Å². The molecule has 0 atom stereocenters. The van der Waals surface area contributed by atoms with Crippen LogP contribution in [0.5, 0.6) is 5.75 Å². The van der Waals surface area contributed by atoms with Crippen LogP contribution in [0.3, 0.4) is 0 Å². The molecule has 0 saturated carbocycles. The average Bonchev–Trinajstić information content (AvgIpc) is 2.70. The first kappa shape index (κ1) is 19.4. The maximum absolute atomic E-state index is 13.5. The number of ether oxygens (including phenoxy) is 1. The molecule has 28 heavy (non-hydrogen) atoms. The van der Waals surface area contributed by atoms with Gasteiger partial charge in [-0.2, -0.15) is 5.10 Å². The Kier molecular flexibility index (Phi) is 6.59. The molecule has 0 saturated heterocycles. The van der Waals surface area contributed by atoms with Crippen molar-refractivity contribution < 1.29 is 13.9 Å². The zero-order chi connectivity index (χ0) is 19.8. The van der Waals surface area contributed by atoms with Gasteiger partial charge in [-0.1, -0.05) is 41.9 Å². The number of hydrogen-bond acceptors (Lipinski definition) is 4. The third kappa shape index (κ3) is 5.56. The molecule has 0 aromatic heterocycles. The molecule has 0 aliphatic carbocycles. The lowest BCUT2D eigenvalue weighted by Crippen LogP contribution is -2.20. The fourth-order valence-corrected chi connectivity index (χ4v) is 2.54. The number of carbonyl (C=O) groups is 1. The van der Waals surface area contributed by atoms with Gasteiger partial charge in [-0.05, 0) is 48.0 Å². The number of hydrogen-bond donors (Lipinski definition) is 2. The lowest BCUT2D eigenvalue weighted by Gasteiger charge is -2.09. The Bertz CT molecular complexity index is 980. The molecule has 0 bridgehead atoms. The number of nitrogens with zero attached hydrogens (tertiary/aromatic N) is 1. The number of benzene rings is 3.